The normalized spacial score (nSPS) is 13.7. The Hall–Kier alpha value is -2.77. The van der Waals surface area contributed by atoms with Gasteiger partial charge in [-0.3, -0.25) is 9.36 Å². The van der Waals surface area contributed by atoms with E-state index in [0.717, 1.165) is 37.1 Å². The van der Waals surface area contributed by atoms with Gasteiger partial charge in [0.15, 0.2) is 11.5 Å². The number of rotatable bonds is 5. The highest BCUT2D eigenvalue weighted by atomic mass is 16.5. The lowest BCUT2D eigenvalue weighted by molar-refractivity contribution is -0.117. The van der Waals surface area contributed by atoms with Gasteiger partial charge in [0.2, 0.25) is 5.91 Å². The number of carbonyl (C=O) groups excluding carboxylic acids is 1. The molecule has 0 fully saturated rings. The molecule has 3 rings (SSSR count). The minimum Gasteiger partial charge on any atom is -0.493 e. The molecule has 1 N–H and O–H groups in total. The predicted molar refractivity (Wildman–Crippen MR) is 97.0 cm³/mol. The van der Waals surface area contributed by atoms with Crippen LogP contribution in [0, 0.1) is 6.92 Å². The first-order valence-electron chi connectivity index (χ1n) is 8.72. The van der Waals surface area contributed by atoms with Gasteiger partial charge in [-0.15, -0.1) is 0 Å². The van der Waals surface area contributed by atoms with Crippen LogP contribution < -0.4 is 20.5 Å². The fourth-order valence-corrected chi connectivity index (χ4v) is 3.17. The van der Waals surface area contributed by atoms with Crippen LogP contribution in [0.5, 0.6) is 11.5 Å². The van der Waals surface area contributed by atoms with Gasteiger partial charge in [-0.2, -0.15) is 5.10 Å². The molecule has 0 bridgehead atoms. The maximum Gasteiger partial charge on any atom is 0.346 e. The lowest BCUT2D eigenvalue weighted by Gasteiger charge is -2.13. The number of fused-ring (bicyclic) bond motifs is 1. The molecule has 0 aliphatic carbocycles. The van der Waals surface area contributed by atoms with Crippen molar-refractivity contribution in [2.24, 2.45) is 0 Å². The molecule has 1 aromatic heterocycles. The summed E-state index contributed by atoms with van der Waals surface area (Å²) in [7, 11) is 3.10. The minimum atomic E-state index is -0.310. The number of methoxy groups -OCH3 is 2. The summed E-state index contributed by atoms with van der Waals surface area (Å²) in [4.78, 5) is 24.9. The van der Waals surface area contributed by atoms with Gasteiger partial charge in [0, 0.05) is 24.7 Å². The van der Waals surface area contributed by atoms with Gasteiger partial charge in [-0.25, -0.2) is 9.48 Å². The van der Waals surface area contributed by atoms with Crippen LogP contribution in [0.2, 0.25) is 0 Å². The van der Waals surface area contributed by atoms with Crippen molar-refractivity contribution in [1.82, 2.24) is 14.3 Å². The molecule has 0 saturated carbocycles. The van der Waals surface area contributed by atoms with Gasteiger partial charge < -0.3 is 14.8 Å². The SMILES string of the molecule is COc1cc(C)c(NC(=O)Cn2nc3n(c2=O)CCCCC3)cc1OC. The third kappa shape index (κ3) is 3.58. The largest absolute Gasteiger partial charge is 0.493 e. The fourth-order valence-electron chi connectivity index (χ4n) is 3.17. The van der Waals surface area contributed by atoms with Gasteiger partial charge in [0.1, 0.15) is 12.4 Å². The van der Waals surface area contributed by atoms with E-state index < -0.39 is 0 Å². The molecule has 1 aromatic carbocycles. The third-order valence-electron chi connectivity index (χ3n) is 4.58. The number of hydrogen-bond donors (Lipinski definition) is 1. The number of nitrogens with zero attached hydrogens (tertiary/aromatic N) is 3. The molecule has 0 radical (unpaired) electrons. The number of hydrogen-bond acceptors (Lipinski definition) is 5. The van der Waals surface area contributed by atoms with Crippen LogP contribution in [-0.2, 0) is 24.3 Å². The second-order valence-electron chi connectivity index (χ2n) is 6.39. The Kier molecular flexibility index (Phi) is 5.29. The number of nitrogens with one attached hydrogen (secondary N) is 1. The summed E-state index contributed by atoms with van der Waals surface area (Å²) in [5.74, 6) is 1.58. The molecular formula is C18H24N4O4. The zero-order valence-electron chi connectivity index (χ0n) is 15.4. The van der Waals surface area contributed by atoms with Gasteiger partial charge in [-0.05, 0) is 31.4 Å². The summed E-state index contributed by atoms with van der Waals surface area (Å²) in [6, 6.07) is 3.50. The van der Waals surface area contributed by atoms with E-state index in [9.17, 15) is 9.59 Å². The Morgan fingerprint density at radius 3 is 2.65 bits per heavy atom. The molecule has 1 aliphatic rings. The molecule has 1 aliphatic heterocycles. The zero-order valence-corrected chi connectivity index (χ0v) is 15.4. The van der Waals surface area contributed by atoms with E-state index in [-0.39, 0.29) is 18.1 Å². The number of ether oxygens (including phenoxy) is 2. The van der Waals surface area contributed by atoms with Crippen molar-refractivity contribution in [2.45, 2.75) is 45.7 Å². The van der Waals surface area contributed by atoms with Crippen LogP contribution >= 0.6 is 0 Å². The van der Waals surface area contributed by atoms with Crippen LogP contribution in [0.4, 0.5) is 5.69 Å². The van der Waals surface area contributed by atoms with Gasteiger partial charge in [0.25, 0.3) is 0 Å². The number of carbonyl (C=O) groups is 1. The van der Waals surface area contributed by atoms with E-state index in [2.05, 4.69) is 10.4 Å². The van der Waals surface area contributed by atoms with Gasteiger partial charge in [0.05, 0.1) is 14.2 Å². The number of benzene rings is 1. The van der Waals surface area contributed by atoms with E-state index in [1.807, 2.05) is 6.92 Å². The van der Waals surface area contributed by atoms with E-state index in [1.54, 1.807) is 23.8 Å². The van der Waals surface area contributed by atoms with Gasteiger partial charge >= 0.3 is 5.69 Å². The van der Waals surface area contributed by atoms with E-state index >= 15 is 0 Å². The Morgan fingerprint density at radius 2 is 1.92 bits per heavy atom. The molecule has 0 atom stereocenters. The molecule has 8 nitrogen and oxygen atoms in total. The minimum absolute atomic E-state index is 0.118. The quantitative estimate of drug-likeness (QED) is 0.877. The second kappa shape index (κ2) is 7.63. The number of aryl methyl sites for hydroxylation is 2. The summed E-state index contributed by atoms with van der Waals surface area (Å²) in [5, 5.41) is 7.16. The van der Waals surface area contributed by atoms with Crippen LogP contribution in [0.3, 0.4) is 0 Å². The van der Waals surface area contributed by atoms with Crippen molar-refractivity contribution in [3.05, 3.63) is 34.0 Å². The Bertz CT molecular complexity index is 869. The zero-order chi connectivity index (χ0) is 18.7. The van der Waals surface area contributed by atoms with Gasteiger partial charge in [-0.1, -0.05) is 6.42 Å². The summed E-state index contributed by atoms with van der Waals surface area (Å²) in [6.45, 7) is 2.42. The average Bonchev–Trinajstić information content (AvgIpc) is 2.79. The summed E-state index contributed by atoms with van der Waals surface area (Å²) in [6.07, 6.45) is 3.86. The highest BCUT2D eigenvalue weighted by Crippen LogP contribution is 2.32. The fraction of sp³-hybridized carbons (Fsp3) is 0.500. The highest BCUT2D eigenvalue weighted by Gasteiger charge is 2.18. The molecule has 1 amide bonds. The van der Waals surface area contributed by atoms with Crippen LogP contribution in [0.15, 0.2) is 16.9 Å². The molecule has 2 heterocycles. The second-order valence-corrected chi connectivity index (χ2v) is 6.39. The lowest BCUT2D eigenvalue weighted by atomic mass is 10.1. The molecular weight excluding hydrogens is 336 g/mol. The van der Waals surface area contributed by atoms with Crippen LogP contribution in [0.25, 0.3) is 0 Å². The van der Waals surface area contributed by atoms with E-state index in [1.165, 1.54) is 11.8 Å². The smallest absolute Gasteiger partial charge is 0.346 e. The van der Waals surface area contributed by atoms with Crippen molar-refractivity contribution in [1.29, 1.82) is 0 Å². The van der Waals surface area contributed by atoms with Crippen LogP contribution in [-0.4, -0.2) is 34.5 Å². The lowest BCUT2D eigenvalue weighted by Crippen LogP contribution is -2.30. The standard InChI is InChI=1S/C18H24N4O4/c1-12-9-14(25-2)15(26-3)10-13(12)19-17(23)11-22-18(24)21-8-6-4-5-7-16(21)20-22/h9-10H,4-8,11H2,1-3H3,(H,19,23). The molecule has 140 valence electrons. The highest BCUT2D eigenvalue weighted by molar-refractivity contribution is 5.91. The van der Waals surface area contributed by atoms with Crippen molar-refractivity contribution >= 4 is 11.6 Å². The molecule has 0 unspecified atom stereocenters. The number of aromatic nitrogens is 3. The van der Waals surface area contributed by atoms with E-state index in [4.69, 9.17) is 9.47 Å². The van der Waals surface area contributed by atoms with E-state index in [0.29, 0.717) is 23.7 Å². The number of anilines is 1. The van der Waals surface area contributed by atoms with Crippen LogP contribution in [0.1, 0.15) is 30.7 Å². The summed E-state index contributed by atoms with van der Waals surface area (Å²) >= 11 is 0. The van der Waals surface area contributed by atoms with Crippen molar-refractivity contribution < 1.29 is 14.3 Å². The summed E-state index contributed by atoms with van der Waals surface area (Å²) < 4.78 is 13.4. The van der Waals surface area contributed by atoms with Crippen molar-refractivity contribution in [3.63, 3.8) is 0 Å². The number of amides is 1. The molecule has 8 heteroatoms. The van der Waals surface area contributed by atoms with Crippen molar-refractivity contribution in [3.8, 4) is 11.5 Å². The first kappa shape index (κ1) is 18.0. The molecule has 0 spiro atoms. The molecule has 0 saturated heterocycles. The average molecular weight is 360 g/mol. The van der Waals surface area contributed by atoms with Crippen molar-refractivity contribution in [2.75, 3.05) is 19.5 Å². The Morgan fingerprint density at radius 1 is 1.19 bits per heavy atom. The monoisotopic (exact) mass is 360 g/mol. The maximum atomic E-state index is 12.5. The molecule has 26 heavy (non-hydrogen) atoms. The first-order valence-corrected chi connectivity index (χ1v) is 8.72. The maximum absolute atomic E-state index is 12.5. The Balaban J connectivity index is 1.77. The Labute approximate surface area is 151 Å². The predicted octanol–water partition coefficient (Wildman–Crippen LogP) is 1.74. The first-order chi connectivity index (χ1) is 12.5. The third-order valence-corrected chi connectivity index (χ3v) is 4.58. The molecule has 2 aromatic rings. The topological polar surface area (TPSA) is 87.4 Å². The summed E-state index contributed by atoms with van der Waals surface area (Å²) in [5.41, 5.74) is 1.23.